The molecule has 0 amide bonds. The van der Waals surface area contributed by atoms with Crippen LogP contribution in [0.5, 0.6) is 0 Å². The molecular formula is C15H13Li2NO. The maximum absolute atomic E-state index is 11.8. The number of aliphatic imine (C=N–C) groups is 1. The molecule has 0 spiro atoms. The van der Waals surface area contributed by atoms with Crippen LogP contribution < -0.4 is 42.8 Å². The molecule has 2 nitrogen and oxygen atoms in total. The normalized spacial score (nSPS) is 11.9. The van der Waals surface area contributed by atoms with Crippen molar-refractivity contribution in [1.29, 1.82) is 0 Å². The average Bonchev–Trinajstić information content (AvgIpc) is 2.40. The first-order valence-corrected chi connectivity index (χ1v) is 5.53. The zero-order valence-electron chi connectivity index (χ0n) is 11.6. The van der Waals surface area contributed by atoms with E-state index in [-0.39, 0.29) is 49.7 Å². The van der Waals surface area contributed by atoms with Gasteiger partial charge in [-0.05, 0) is 12.5 Å². The van der Waals surface area contributed by atoms with Gasteiger partial charge in [0.05, 0.1) is 6.04 Å². The van der Waals surface area contributed by atoms with E-state index in [4.69, 9.17) is 0 Å². The number of rotatable bonds is 3. The molecule has 0 saturated carbocycles. The van der Waals surface area contributed by atoms with Gasteiger partial charge in [0.25, 0.3) is 0 Å². The Kier molecular flexibility index (Phi) is 8.65. The van der Waals surface area contributed by atoms with Crippen LogP contribution >= 0.6 is 0 Å². The molecule has 0 saturated heterocycles. The van der Waals surface area contributed by atoms with E-state index in [0.717, 1.165) is 5.56 Å². The van der Waals surface area contributed by atoms with Crippen molar-refractivity contribution in [2.24, 2.45) is 4.99 Å². The van der Waals surface area contributed by atoms with E-state index in [1.807, 2.05) is 37.3 Å². The molecule has 2 rings (SSSR count). The van der Waals surface area contributed by atoms with Gasteiger partial charge in [0.1, 0.15) is 0 Å². The molecule has 2 aromatic rings. The minimum absolute atomic E-state index is 0. The standard InChI is InChI=1S/C15H14NO.2Li/c1-12(13-8-4-2-5-9-13)16-15(17)14-10-6-3-7-11-14;;/h2-6,8-12H,1H3,(H,16,17);;/q-1;2*+1/p-1/t12-;;/m0../s1. The van der Waals surface area contributed by atoms with Gasteiger partial charge in [-0.15, -0.1) is 5.56 Å². The Balaban J connectivity index is 0.00000162. The molecule has 2 aromatic carbocycles. The summed E-state index contributed by atoms with van der Waals surface area (Å²) in [5, 5.41) is 11.8. The van der Waals surface area contributed by atoms with E-state index in [1.54, 1.807) is 24.3 Å². The summed E-state index contributed by atoms with van der Waals surface area (Å²) in [6.07, 6.45) is 0. The Morgan fingerprint density at radius 1 is 1.11 bits per heavy atom. The van der Waals surface area contributed by atoms with Crippen LogP contribution in [0, 0.1) is 6.07 Å². The molecule has 86 valence electrons. The summed E-state index contributed by atoms with van der Waals surface area (Å²) in [6.45, 7) is 1.92. The Hall–Kier alpha value is -0.895. The second-order valence-electron chi connectivity index (χ2n) is 3.81. The second kappa shape index (κ2) is 9.08. The number of hydrogen-bond donors (Lipinski definition) is 0. The molecule has 0 N–H and O–H groups in total. The predicted octanol–water partition coefficient (Wildman–Crippen LogP) is -3.64. The molecule has 0 heterocycles. The third kappa shape index (κ3) is 5.31. The summed E-state index contributed by atoms with van der Waals surface area (Å²) in [4.78, 5) is 4.16. The second-order valence-corrected chi connectivity index (χ2v) is 3.81. The van der Waals surface area contributed by atoms with Crippen molar-refractivity contribution in [3.63, 3.8) is 0 Å². The van der Waals surface area contributed by atoms with Crippen molar-refractivity contribution in [2.75, 3.05) is 0 Å². The van der Waals surface area contributed by atoms with Gasteiger partial charge in [-0.3, -0.25) is 0 Å². The van der Waals surface area contributed by atoms with Crippen molar-refractivity contribution in [3.8, 4) is 0 Å². The molecule has 1 atom stereocenters. The van der Waals surface area contributed by atoms with Gasteiger partial charge in [-0.1, -0.05) is 36.2 Å². The van der Waals surface area contributed by atoms with Crippen LogP contribution in [0.15, 0.2) is 59.6 Å². The van der Waals surface area contributed by atoms with Gasteiger partial charge in [0.2, 0.25) is 0 Å². The molecule has 0 aliphatic heterocycles. The molecule has 0 aliphatic rings. The van der Waals surface area contributed by atoms with E-state index < -0.39 is 0 Å². The average molecular weight is 237 g/mol. The Labute approximate surface area is 138 Å². The van der Waals surface area contributed by atoms with Gasteiger partial charge in [0.15, 0.2) is 0 Å². The fourth-order valence-corrected chi connectivity index (χ4v) is 1.58. The molecule has 19 heavy (non-hydrogen) atoms. The van der Waals surface area contributed by atoms with Crippen molar-refractivity contribution in [3.05, 3.63) is 71.8 Å². The maximum atomic E-state index is 11.8. The largest absolute Gasteiger partial charge is 1.00 e. The van der Waals surface area contributed by atoms with Crippen molar-refractivity contribution < 1.29 is 42.8 Å². The van der Waals surface area contributed by atoms with Gasteiger partial charge in [-0.2, -0.15) is 30.3 Å². The topological polar surface area (TPSA) is 35.4 Å². The summed E-state index contributed by atoms with van der Waals surface area (Å²) in [6, 6.07) is 19.5. The zero-order chi connectivity index (χ0) is 12.1. The molecule has 0 bridgehead atoms. The maximum Gasteiger partial charge on any atom is 1.00 e. The van der Waals surface area contributed by atoms with E-state index in [2.05, 4.69) is 11.1 Å². The first kappa shape index (κ1) is 18.1. The molecule has 0 fully saturated rings. The molecule has 4 heteroatoms. The van der Waals surface area contributed by atoms with Gasteiger partial charge in [-0.25, -0.2) is 0 Å². The van der Waals surface area contributed by atoms with Crippen LogP contribution in [0.4, 0.5) is 0 Å². The van der Waals surface area contributed by atoms with Gasteiger partial charge in [0, 0.05) is 0 Å². The molecule has 0 unspecified atom stereocenters. The van der Waals surface area contributed by atoms with Crippen LogP contribution in [0.25, 0.3) is 0 Å². The van der Waals surface area contributed by atoms with Gasteiger partial charge < -0.3 is 10.1 Å². The first-order chi connectivity index (χ1) is 8.27. The van der Waals surface area contributed by atoms with Crippen molar-refractivity contribution in [2.45, 2.75) is 13.0 Å². The number of hydrogen-bond acceptors (Lipinski definition) is 2. The molecule has 0 aliphatic carbocycles. The quantitative estimate of drug-likeness (QED) is 0.235. The summed E-state index contributed by atoms with van der Waals surface area (Å²) in [5.74, 6) is -0.196. The van der Waals surface area contributed by atoms with Crippen LogP contribution in [0.2, 0.25) is 0 Å². The first-order valence-electron chi connectivity index (χ1n) is 5.53. The third-order valence-corrected chi connectivity index (χ3v) is 2.55. The van der Waals surface area contributed by atoms with Crippen LogP contribution in [-0.2, 0) is 0 Å². The van der Waals surface area contributed by atoms with Crippen LogP contribution in [0.3, 0.4) is 0 Å². The SMILES string of the molecule is C[C@H](N=C([O-])c1c[c-]ccc1)c1ccccc1.[Li+].[Li+]. The third-order valence-electron chi connectivity index (χ3n) is 2.55. The molecule has 0 radical (unpaired) electrons. The van der Waals surface area contributed by atoms with Crippen LogP contribution in [0.1, 0.15) is 24.1 Å². The van der Waals surface area contributed by atoms with Crippen molar-refractivity contribution in [1.82, 2.24) is 0 Å². The predicted molar refractivity (Wildman–Crippen MR) is 66.7 cm³/mol. The van der Waals surface area contributed by atoms with Crippen molar-refractivity contribution >= 4 is 5.90 Å². The smallest absolute Gasteiger partial charge is 0.868 e. The Morgan fingerprint density at radius 3 is 2.37 bits per heavy atom. The Morgan fingerprint density at radius 2 is 1.79 bits per heavy atom. The van der Waals surface area contributed by atoms with E-state index in [0.29, 0.717) is 5.56 Å². The van der Waals surface area contributed by atoms with E-state index in [1.165, 1.54) is 0 Å². The summed E-state index contributed by atoms with van der Waals surface area (Å²) >= 11 is 0. The van der Waals surface area contributed by atoms with E-state index in [9.17, 15) is 5.11 Å². The van der Waals surface area contributed by atoms with Gasteiger partial charge >= 0.3 is 37.7 Å². The fourth-order valence-electron chi connectivity index (χ4n) is 1.58. The Bertz CT molecular complexity index is 500. The zero-order valence-corrected chi connectivity index (χ0v) is 11.6. The summed E-state index contributed by atoms with van der Waals surface area (Å²) in [5.41, 5.74) is 1.62. The fraction of sp³-hybridized carbons (Fsp3) is 0.133. The van der Waals surface area contributed by atoms with Crippen LogP contribution in [-0.4, -0.2) is 5.90 Å². The number of benzene rings is 2. The monoisotopic (exact) mass is 237 g/mol. The summed E-state index contributed by atoms with van der Waals surface area (Å²) in [7, 11) is 0. The minimum Gasteiger partial charge on any atom is -0.868 e. The van der Waals surface area contributed by atoms with E-state index >= 15 is 0 Å². The molecule has 0 aromatic heterocycles. The molecular weight excluding hydrogens is 224 g/mol. The summed E-state index contributed by atoms with van der Waals surface area (Å²) < 4.78 is 0. The minimum atomic E-state index is -0.196. The number of nitrogens with zero attached hydrogens (tertiary/aromatic N) is 1.